The molecule has 3 N–H and O–H groups in total. The van der Waals surface area contributed by atoms with E-state index in [1.807, 2.05) is 12.1 Å². The van der Waals surface area contributed by atoms with E-state index in [4.69, 9.17) is 20.4 Å². The van der Waals surface area contributed by atoms with E-state index in [0.717, 1.165) is 12.5 Å². The van der Waals surface area contributed by atoms with Crippen LogP contribution in [-0.4, -0.2) is 45.1 Å². The molecule has 2 bridgehead atoms. The molecule has 8 nitrogen and oxygen atoms in total. The van der Waals surface area contributed by atoms with E-state index < -0.39 is 0 Å². The maximum Gasteiger partial charge on any atom is 0.261 e. The Balaban J connectivity index is 1.29. The number of halogens is 1. The summed E-state index contributed by atoms with van der Waals surface area (Å²) in [6, 6.07) is 12.0. The number of guanidine groups is 1. The lowest BCUT2D eigenvalue weighted by molar-refractivity contribution is -0.157. The van der Waals surface area contributed by atoms with Gasteiger partial charge in [-0.2, -0.15) is 0 Å². The van der Waals surface area contributed by atoms with Crippen LogP contribution < -0.4 is 21.3 Å². The highest BCUT2D eigenvalue weighted by Crippen LogP contribution is 2.64. The van der Waals surface area contributed by atoms with Gasteiger partial charge in [-0.3, -0.25) is 9.36 Å². The maximum atomic E-state index is 13.3. The number of piperazine rings is 1. The zero-order chi connectivity index (χ0) is 29.9. The van der Waals surface area contributed by atoms with Crippen LogP contribution in [0.15, 0.2) is 52.3 Å². The normalized spacial score (nSPS) is 30.7. The van der Waals surface area contributed by atoms with Crippen LogP contribution in [-0.2, 0) is 13.7 Å². The number of rotatable bonds is 5. The number of hydrogen-bond acceptors (Lipinski definition) is 5. The molecule has 0 amide bonds. The van der Waals surface area contributed by atoms with Gasteiger partial charge in [0, 0.05) is 25.7 Å². The lowest BCUT2D eigenvalue weighted by Crippen LogP contribution is -2.69. The van der Waals surface area contributed by atoms with Crippen molar-refractivity contribution in [2.75, 3.05) is 6.54 Å². The van der Waals surface area contributed by atoms with E-state index in [-0.39, 0.29) is 36.1 Å². The van der Waals surface area contributed by atoms with E-state index in [1.165, 1.54) is 29.5 Å². The molecule has 1 saturated heterocycles. The Bertz CT molecular complexity index is 1570. The van der Waals surface area contributed by atoms with E-state index in [2.05, 4.69) is 44.8 Å². The molecule has 3 aromatic rings. The molecule has 1 aliphatic heterocycles. The monoisotopic (exact) mass is 574 g/mol. The zero-order valence-electron chi connectivity index (χ0n) is 25.5. The van der Waals surface area contributed by atoms with E-state index in [0.29, 0.717) is 57.3 Å². The molecule has 3 saturated carbocycles. The van der Waals surface area contributed by atoms with Gasteiger partial charge in [0.2, 0.25) is 0 Å². The minimum Gasteiger partial charge on any atom is -0.486 e. The smallest absolute Gasteiger partial charge is 0.261 e. The molecule has 2 aromatic carbocycles. The molecule has 4 aliphatic rings. The molecule has 42 heavy (non-hydrogen) atoms. The lowest BCUT2D eigenvalue weighted by atomic mass is 9.41. The topological polar surface area (TPSA) is 97.8 Å². The first-order chi connectivity index (χ1) is 19.9. The summed E-state index contributed by atoms with van der Waals surface area (Å²) in [5.41, 5.74) is 8.21. The van der Waals surface area contributed by atoms with Gasteiger partial charge < -0.3 is 20.7 Å². The SMILES string of the molecule is C[C@@H]1CN(C(N)=Nc2ccc3c(=O)n(C)c(COc4ccc(F)cc4)nc3c2)C(C2C[C@@H](C)[C@@H]3C[C@H]2C3(C)C)[C@H](C)N1. The van der Waals surface area contributed by atoms with Crippen LogP contribution in [0.25, 0.3) is 10.9 Å². The van der Waals surface area contributed by atoms with Gasteiger partial charge in [0.1, 0.15) is 24.0 Å². The number of nitrogens with one attached hydrogen (secondary N) is 1. The third-order valence-electron chi connectivity index (χ3n) is 10.5. The highest BCUT2D eigenvalue weighted by molar-refractivity contribution is 5.85. The number of nitrogens with two attached hydrogens (primary N) is 1. The molecule has 224 valence electrons. The molecule has 7 rings (SSSR count). The van der Waals surface area contributed by atoms with E-state index in [1.54, 1.807) is 25.2 Å². The maximum absolute atomic E-state index is 13.3. The Labute approximate surface area is 247 Å². The fourth-order valence-electron chi connectivity index (χ4n) is 8.34. The molecule has 3 aliphatic carbocycles. The fraction of sp³-hybridized carbons (Fsp3) is 0.545. The van der Waals surface area contributed by atoms with Gasteiger partial charge in [-0.05, 0) is 98.2 Å². The van der Waals surface area contributed by atoms with Gasteiger partial charge in [0.05, 0.1) is 22.6 Å². The van der Waals surface area contributed by atoms with Crippen LogP contribution in [0.3, 0.4) is 0 Å². The average Bonchev–Trinajstić information content (AvgIpc) is 2.94. The van der Waals surface area contributed by atoms with Gasteiger partial charge in [0.25, 0.3) is 5.56 Å². The third-order valence-corrected chi connectivity index (χ3v) is 10.5. The van der Waals surface area contributed by atoms with Crippen molar-refractivity contribution in [3.8, 4) is 5.75 Å². The van der Waals surface area contributed by atoms with E-state index >= 15 is 0 Å². The van der Waals surface area contributed by atoms with Gasteiger partial charge in [0.15, 0.2) is 5.96 Å². The Hall–Kier alpha value is -3.46. The number of benzene rings is 2. The summed E-state index contributed by atoms with van der Waals surface area (Å²) in [4.78, 5) is 25.1. The summed E-state index contributed by atoms with van der Waals surface area (Å²) < 4.78 is 20.5. The molecule has 9 heteroatoms. The standard InChI is InChI=1S/C33H43FN6O2/c1-18-13-25(27-15-26(18)33(27,4)5)30-20(3)36-19(2)16-40(30)32(35)37-22-9-12-24-28(14-22)38-29(39(6)31(24)41)17-42-23-10-7-21(34)8-11-23/h7-12,14,18-20,25-27,30,36H,13,15-17H2,1-6H3,(H2,35,37)/t18-,19-,20+,25?,26+,27-,30?/m1/s1. The van der Waals surface area contributed by atoms with Gasteiger partial charge >= 0.3 is 0 Å². The number of aliphatic imine (C=N–C) groups is 1. The van der Waals surface area contributed by atoms with Crippen molar-refractivity contribution in [1.82, 2.24) is 19.8 Å². The first-order valence-electron chi connectivity index (χ1n) is 15.2. The lowest BCUT2D eigenvalue weighted by Gasteiger charge is -2.66. The van der Waals surface area contributed by atoms with Crippen molar-refractivity contribution in [2.45, 2.75) is 72.2 Å². The van der Waals surface area contributed by atoms with Gasteiger partial charge in [-0.15, -0.1) is 0 Å². The summed E-state index contributed by atoms with van der Waals surface area (Å²) in [6.45, 7) is 12.7. The van der Waals surface area contributed by atoms with Crippen molar-refractivity contribution in [1.29, 1.82) is 0 Å². The van der Waals surface area contributed by atoms with Crippen molar-refractivity contribution in [3.63, 3.8) is 0 Å². The molecule has 0 spiro atoms. The summed E-state index contributed by atoms with van der Waals surface area (Å²) in [6.07, 6.45) is 2.53. The summed E-state index contributed by atoms with van der Waals surface area (Å²) >= 11 is 0. The predicted molar refractivity (Wildman–Crippen MR) is 164 cm³/mol. The quantitative estimate of drug-likeness (QED) is 0.330. The van der Waals surface area contributed by atoms with Crippen molar-refractivity contribution in [3.05, 3.63) is 64.5 Å². The van der Waals surface area contributed by atoms with Crippen LogP contribution in [0.5, 0.6) is 5.75 Å². The number of ether oxygens (including phenoxy) is 1. The number of aromatic nitrogens is 2. The zero-order valence-corrected chi connectivity index (χ0v) is 25.5. The second-order valence-electron chi connectivity index (χ2n) is 13.5. The fourth-order valence-corrected chi connectivity index (χ4v) is 8.34. The predicted octanol–water partition coefficient (Wildman–Crippen LogP) is 4.97. The number of fused-ring (bicyclic) bond motifs is 3. The van der Waals surface area contributed by atoms with Crippen LogP contribution >= 0.6 is 0 Å². The molecular formula is C33H43FN6O2. The van der Waals surface area contributed by atoms with Gasteiger partial charge in [-0.1, -0.05) is 20.8 Å². The van der Waals surface area contributed by atoms with Crippen LogP contribution in [0.1, 0.15) is 53.3 Å². The second-order valence-corrected chi connectivity index (χ2v) is 13.5. The molecule has 2 heterocycles. The largest absolute Gasteiger partial charge is 0.486 e. The van der Waals surface area contributed by atoms with Gasteiger partial charge in [-0.25, -0.2) is 14.4 Å². The van der Waals surface area contributed by atoms with E-state index in [9.17, 15) is 9.18 Å². The summed E-state index contributed by atoms with van der Waals surface area (Å²) in [7, 11) is 1.67. The van der Waals surface area contributed by atoms with Crippen molar-refractivity contribution < 1.29 is 9.13 Å². The first-order valence-corrected chi connectivity index (χ1v) is 15.2. The molecule has 4 fully saturated rings. The number of nitrogens with zero attached hydrogens (tertiary/aromatic N) is 4. The molecule has 0 radical (unpaired) electrons. The van der Waals surface area contributed by atoms with Crippen LogP contribution in [0.4, 0.5) is 10.1 Å². The Morgan fingerprint density at radius 2 is 1.88 bits per heavy atom. The molecule has 2 unspecified atom stereocenters. The van der Waals surface area contributed by atoms with Crippen LogP contribution in [0, 0.1) is 34.9 Å². The molecular weight excluding hydrogens is 531 g/mol. The summed E-state index contributed by atoms with van der Waals surface area (Å²) in [5.74, 6) is 3.89. The Morgan fingerprint density at radius 1 is 1.14 bits per heavy atom. The molecule has 1 aromatic heterocycles. The number of hydrogen-bond donors (Lipinski definition) is 2. The second kappa shape index (κ2) is 10.7. The summed E-state index contributed by atoms with van der Waals surface area (Å²) in [5, 5.41) is 4.29. The average molecular weight is 575 g/mol. The van der Waals surface area contributed by atoms with Crippen molar-refractivity contribution >= 4 is 22.5 Å². The highest BCUT2D eigenvalue weighted by Gasteiger charge is 2.60. The Kier molecular flexibility index (Phi) is 7.28. The molecule has 7 atom stereocenters. The Morgan fingerprint density at radius 3 is 2.57 bits per heavy atom. The minimum absolute atomic E-state index is 0.0688. The minimum atomic E-state index is -0.337. The van der Waals surface area contributed by atoms with Crippen molar-refractivity contribution in [2.24, 2.45) is 46.9 Å². The highest BCUT2D eigenvalue weighted by atomic mass is 19.1. The van der Waals surface area contributed by atoms with Crippen LogP contribution in [0.2, 0.25) is 0 Å². The third kappa shape index (κ3) is 4.95. The first kappa shape index (κ1) is 28.6.